The molecule has 1 aliphatic carbocycles. The molecule has 2 fully saturated rings. The molecule has 0 radical (unpaired) electrons. The van der Waals surface area contributed by atoms with E-state index in [9.17, 15) is 0 Å². The Morgan fingerprint density at radius 3 is 2.58 bits per heavy atom. The summed E-state index contributed by atoms with van der Waals surface area (Å²) in [5, 5.41) is 3.82. The number of piperazine rings is 1. The van der Waals surface area contributed by atoms with Crippen LogP contribution in [-0.2, 0) is 0 Å². The van der Waals surface area contributed by atoms with Crippen LogP contribution in [-0.4, -0.2) is 36.1 Å². The van der Waals surface area contributed by atoms with E-state index >= 15 is 0 Å². The molecule has 1 N–H and O–H groups in total. The minimum absolute atomic E-state index is 0.506. The standard InChI is InChI=1S/C17H34N2/c1-4-9-15(3)12-19-13-16(5-2)18-14-17(19)10-7-6-8-11-17/h15-16,18H,4-14H2,1-3H3. The number of rotatable bonds is 5. The zero-order valence-electron chi connectivity index (χ0n) is 13.4. The predicted octanol–water partition coefficient (Wildman–Crippen LogP) is 3.81. The molecule has 1 aliphatic heterocycles. The summed E-state index contributed by atoms with van der Waals surface area (Å²) in [6.45, 7) is 10.9. The third-order valence-corrected chi connectivity index (χ3v) is 5.42. The first-order valence-corrected chi connectivity index (χ1v) is 8.68. The van der Waals surface area contributed by atoms with Crippen LogP contribution in [0.5, 0.6) is 0 Å². The van der Waals surface area contributed by atoms with Crippen molar-refractivity contribution in [2.75, 3.05) is 19.6 Å². The van der Waals surface area contributed by atoms with Gasteiger partial charge in [-0.3, -0.25) is 4.90 Å². The van der Waals surface area contributed by atoms with Crippen molar-refractivity contribution in [3.63, 3.8) is 0 Å². The molecule has 1 saturated carbocycles. The fraction of sp³-hybridized carbons (Fsp3) is 1.00. The minimum atomic E-state index is 0.506. The van der Waals surface area contributed by atoms with Crippen LogP contribution in [0.25, 0.3) is 0 Å². The van der Waals surface area contributed by atoms with Crippen LogP contribution >= 0.6 is 0 Å². The van der Waals surface area contributed by atoms with E-state index in [1.54, 1.807) is 0 Å². The van der Waals surface area contributed by atoms with Crippen molar-refractivity contribution in [3.05, 3.63) is 0 Å². The highest BCUT2D eigenvalue weighted by molar-refractivity contribution is 5.00. The van der Waals surface area contributed by atoms with E-state index in [0.717, 1.165) is 12.0 Å². The van der Waals surface area contributed by atoms with Crippen LogP contribution in [0.2, 0.25) is 0 Å². The van der Waals surface area contributed by atoms with Crippen LogP contribution in [0.1, 0.15) is 72.1 Å². The molecule has 2 unspecified atom stereocenters. The maximum atomic E-state index is 3.82. The minimum Gasteiger partial charge on any atom is -0.311 e. The van der Waals surface area contributed by atoms with Gasteiger partial charge in [-0.25, -0.2) is 0 Å². The fourth-order valence-electron chi connectivity index (χ4n) is 4.18. The highest BCUT2D eigenvalue weighted by Crippen LogP contribution is 2.36. The van der Waals surface area contributed by atoms with Crippen molar-refractivity contribution < 1.29 is 0 Å². The third-order valence-electron chi connectivity index (χ3n) is 5.42. The molecule has 2 heteroatoms. The molecule has 2 nitrogen and oxygen atoms in total. The molecular weight excluding hydrogens is 232 g/mol. The zero-order valence-corrected chi connectivity index (χ0v) is 13.4. The second kappa shape index (κ2) is 7.08. The Bertz CT molecular complexity index is 258. The summed E-state index contributed by atoms with van der Waals surface area (Å²) in [6.07, 6.45) is 11.2. The Balaban J connectivity index is 2.02. The first kappa shape index (κ1) is 15.3. The molecule has 1 spiro atoms. The lowest BCUT2D eigenvalue weighted by molar-refractivity contribution is -0.00103. The van der Waals surface area contributed by atoms with Gasteiger partial charge in [-0.1, -0.05) is 46.5 Å². The van der Waals surface area contributed by atoms with Crippen LogP contribution in [0.4, 0.5) is 0 Å². The molecule has 2 atom stereocenters. The van der Waals surface area contributed by atoms with E-state index in [1.807, 2.05) is 0 Å². The van der Waals surface area contributed by atoms with Gasteiger partial charge >= 0.3 is 0 Å². The average molecular weight is 266 g/mol. The topological polar surface area (TPSA) is 15.3 Å². The SMILES string of the molecule is CCCC(C)CN1CC(CC)NCC12CCCCC2. The summed E-state index contributed by atoms with van der Waals surface area (Å²) in [4.78, 5) is 2.89. The van der Waals surface area contributed by atoms with Crippen molar-refractivity contribution in [2.45, 2.75) is 83.7 Å². The summed E-state index contributed by atoms with van der Waals surface area (Å²) >= 11 is 0. The van der Waals surface area contributed by atoms with Crippen molar-refractivity contribution in [1.82, 2.24) is 10.2 Å². The van der Waals surface area contributed by atoms with Crippen LogP contribution in [0, 0.1) is 5.92 Å². The van der Waals surface area contributed by atoms with Crippen LogP contribution in [0.3, 0.4) is 0 Å². The van der Waals surface area contributed by atoms with E-state index in [1.165, 1.54) is 71.0 Å². The van der Waals surface area contributed by atoms with Crippen LogP contribution in [0.15, 0.2) is 0 Å². The number of nitrogens with zero attached hydrogens (tertiary/aromatic N) is 1. The van der Waals surface area contributed by atoms with Gasteiger partial charge in [-0.15, -0.1) is 0 Å². The van der Waals surface area contributed by atoms with Crippen molar-refractivity contribution >= 4 is 0 Å². The molecule has 1 saturated heterocycles. The van der Waals surface area contributed by atoms with Gasteiger partial charge in [0.25, 0.3) is 0 Å². The predicted molar refractivity (Wildman–Crippen MR) is 83.5 cm³/mol. The lowest BCUT2D eigenvalue weighted by Crippen LogP contribution is -2.65. The number of hydrogen-bond donors (Lipinski definition) is 1. The Morgan fingerprint density at radius 1 is 1.21 bits per heavy atom. The average Bonchev–Trinajstić information content (AvgIpc) is 2.43. The Kier molecular flexibility index (Phi) is 5.70. The molecule has 0 bridgehead atoms. The van der Waals surface area contributed by atoms with E-state index in [2.05, 4.69) is 31.0 Å². The second-order valence-electron chi connectivity index (χ2n) is 7.07. The molecular formula is C17H34N2. The molecule has 0 aromatic heterocycles. The maximum Gasteiger partial charge on any atom is 0.0334 e. The van der Waals surface area contributed by atoms with Gasteiger partial charge in [0.15, 0.2) is 0 Å². The summed E-state index contributed by atoms with van der Waals surface area (Å²) in [7, 11) is 0. The highest BCUT2D eigenvalue weighted by Gasteiger charge is 2.41. The van der Waals surface area contributed by atoms with Crippen molar-refractivity contribution in [3.8, 4) is 0 Å². The monoisotopic (exact) mass is 266 g/mol. The van der Waals surface area contributed by atoms with Gasteiger partial charge in [0.05, 0.1) is 0 Å². The van der Waals surface area contributed by atoms with Crippen molar-refractivity contribution in [1.29, 1.82) is 0 Å². The number of nitrogens with one attached hydrogen (secondary N) is 1. The summed E-state index contributed by atoms with van der Waals surface area (Å²) in [5.41, 5.74) is 0.506. The van der Waals surface area contributed by atoms with Gasteiger partial charge in [0.1, 0.15) is 0 Å². The molecule has 1 heterocycles. The van der Waals surface area contributed by atoms with Crippen LogP contribution < -0.4 is 5.32 Å². The van der Waals surface area contributed by atoms with E-state index in [4.69, 9.17) is 0 Å². The van der Waals surface area contributed by atoms with Gasteiger partial charge in [-0.05, 0) is 31.6 Å². The van der Waals surface area contributed by atoms with E-state index < -0.39 is 0 Å². The third kappa shape index (κ3) is 3.72. The summed E-state index contributed by atoms with van der Waals surface area (Å²) in [6, 6.07) is 0.723. The first-order valence-electron chi connectivity index (χ1n) is 8.68. The molecule has 2 aliphatic rings. The zero-order chi connectivity index (χ0) is 13.7. The van der Waals surface area contributed by atoms with Gasteiger partial charge in [-0.2, -0.15) is 0 Å². The highest BCUT2D eigenvalue weighted by atomic mass is 15.3. The largest absolute Gasteiger partial charge is 0.311 e. The summed E-state index contributed by atoms with van der Waals surface area (Å²) in [5.74, 6) is 0.861. The molecule has 0 aromatic rings. The molecule has 2 rings (SSSR count). The van der Waals surface area contributed by atoms with Gasteiger partial charge in [0.2, 0.25) is 0 Å². The molecule has 0 aromatic carbocycles. The Labute approximate surface area is 120 Å². The maximum absolute atomic E-state index is 3.82. The summed E-state index contributed by atoms with van der Waals surface area (Å²) < 4.78 is 0. The Hall–Kier alpha value is -0.0800. The number of hydrogen-bond acceptors (Lipinski definition) is 2. The second-order valence-corrected chi connectivity index (χ2v) is 7.07. The van der Waals surface area contributed by atoms with Gasteiger partial charge < -0.3 is 5.32 Å². The quantitative estimate of drug-likeness (QED) is 0.814. The Morgan fingerprint density at radius 2 is 1.95 bits per heavy atom. The van der Waals surface area contributed by atoms with Gasteiger partial charge in [0, 0.05) is 31.2 Å². The lowest BCUT2D eigenvalue weighted by Gasteiger charge is -2.53. The molecule has 19 heavy (non-hydrogen) atoms. The lowest BCUT2D eigenvalue weighted by atomic mass is 9.77. The molecule has 112 valence electrons. The fourth-order valence-corrected chi connectivity index (χ4v) is 4.18. The normalized spacial score (nSPS) is 29.5. The van der Waals surface area contributed by atoms with E-state index in [0.29, 0.717) is 5.54 Å². The smallest absolute Gasteiger partial charge is 0.0334 e. The van der Waals surface area contributed by atoms with Crippen molar-refractivity contribution in [2.24, 2.45) is 5.92 Å². The molecule has 0 amide bonds. The van der Waals surface area contributed by atoms with E-state index in [-0.39, 0.29) is 0 Å². The first-order chi connectivity index (χ1) is 9.20.